The molecule has 0 aromatic rings. The van der Waals surface area contributed by atoms with Gasteiger partial charge in [-0.15, -0.1) is 0 Å². The summed E-state index contributed by atoms with van der Waals surface area (Å²) in [5.74, 6) is 0.881. The van der Waals surface area contributed by atoms with Gasteiger partial charge in [0, 0.05) is 13.2 Å². The number of nitrogens with one attached hydrogen (secondary N) is 1. The van der Waals surface area contributed by atoms with E-state index in [0.29, 0.717) is 6.04 Å². The molecule has 0 aromatic heterocycles. The number of rotatable bonds is 6. The molecule has 1 atom stereocenters. The maximum Gasteiger partial charge on any atom is 0.0617 e. The van der Waals surface area contributed by atoms with Gasteiger partial charge in [0.25, 0.3) is 0 Å². The third-order valence-electron chi connectivity index (χ3n) is 3.49. The fraction of sp³-hybridized carbons (Fsp3) is 1.00. The van der Waals surface area contributed by atoms with E-state index in [-0.39, 0.29) is 0 Å². The van der Waals surface area contributed by atoms with Crippen LogP contribution in [0.4, 0.5) is 0 Å². The molecule has 1 heterocycles. The zero-order chi connectivity index (χ0) is 11.1. The molecule has 3 nitrogen and oxygen atoms in total. The standard InChI is InChI=1S/C12H26N2O/c1-4-12(10-15-3)14-7-5-11(6-8-14)9-13-2/h11-13H,4-10H2,1-3H3. The van der Waals surface area contributed by atoms with Crippen LogP contribution in [-0.2, 0) is 4.74 Å². The zero-order valence-electron chi connectivity index (χ0n) is 10.5. The fourth-order valence-corrected chi connectivity index (χ4v) is 2.48. The lowest BCUT2D eigenvalue weighted by atomic mass is 9.95. The van der Waals surface area contributed by atoms with Crippen LogP contribution in [0.25, 0.3) is 0 Å². The lowest BCUT2D eigenvalue weighted by Crippen LogP contribution is -2.44. The highest BCUT2D eigenvalue weighted by molar-refractivity contribution is 4.78. The summed E-state index contributed by atoms with van der Waals surface area (Å²) in [6.45, 7) is 6.80. The number of ether oxygens (including phenoxy) is 1. The van der Waals surface area contributed by atoms with Gasteiger partial charge in [-0.1, -0.05) is 6.92 Å². The zero-order valence-corrected chi connectivity index (χ0v) is 10.5. The Bertz CT molecular complexity index is 156. The topological polar surface area (TPSA) is 24.5 Å². The molecule has 1 aliphatic rings. The molecule has 1 rings (SSSR count). The lowest BCUT2D eigenvalue weighted by Gasteiger charge is -2.37. The Morgan fingerprint density at radius 1 is 1.40 bits per heavy atom. The predicted octanol–water partition coefficient (Wildman–Crippen LogP) is 1.34. The van der Waals surface area contributed by atoms with Gasteiger partial charge in [0.2, 0.25) is 0 Å². The molecule has 1 N–H and O–H groups in total. The first-order chi connectivity index (χ1) is 7.31. The number of nitrogens with zero attached hydrogens (tertiary/aromatic N) is 1. The van der Waals surface area contributed by atoms with Gasteiger partial charge in [-0.3, -0.25) is 4.90 Å². The van der Waals surface area contributed by atoms with E-state index in [1.54, 1.807) is 7.11 Å². The van der Waals surface area contributed by atoms with Crippen LogP contribution in [0, 0.1) is 5.92 Å². The lowest BCUT2D eigenvalue weighted by molar-refractivity contribution is 0.0629. The molecular weight excluding hydrogens is 188 g/mol. The molecule has 1 saturated heterocycles. The highest BCUT2D eigenvalue weighted by atomic mass is 16.5. The Labute approximate surface area is 94.2 Å². The number of hydrogen-bond donors (Lipinski definition) is 1. The maximum atomic E-state index is 5.27. The van der Waals surface area contributed by atoms with Gasteiger partial charge in [0.05, 0.1) is 6.61 Å². The van der Waals surface area contributed by atoms with Crippen LogP contribution in [0.3, 0.4) is 0 Å². The van der Waals surface area contributed by atoms with Crippen molar-refractivity contribution in [2.75, 3.05) is 40.4 Å². The third kappa shape index (κ3) is 4.09. The average molecular weight is 214 g/mol. The van der Waals surface area contributed by atoms with Crippen LogP contribution in [0.2, 0.25) is 0 Å². The van der Waals surface area contributed by atoms with E-state index in [1.165, 1.54) is 38.9 Å². The second-order valence-corrected chi connectivity index (χ2v) is 4.55. The van der Waals surface area contributed by atoms with Crippen LogP contribution < -0.4 is 5.32 Å². The van der Waals surface area contributed by atoms with E-state index in [2.05, 4.69) is 17.1 Å². The third-order valence-corrected chi connectivity index (χ3v) is 3.49. The van der Waals surface area contributed by atoms with Crippen molar-refractivity contribution in [2.24, 2.45) is 5.92 Å². The highest BCUT2D eigenvalue weighted by Crippen LogP contribution is 2.19. The minimum absolute atomic E-state index is 0.630. The molecule has 0 amide bonds. The number of methoxy groups -OCH3 is 1. The van der Waals surface area contributed by atoms with Crippen LogP contribution in [0.5, 0.6) is 0 Å². The first kappa shape index (κ1) is 12.9. The van der Waals surface area contributed by atoms with Gasteiger partial charge in [0.15, 0.2) is 0 Å². The van der Waals surface area contributed by atoms with E-state index in [1.807, 2.05) is 7.05 Å². The second-order valence-electron chi connectivity index (χ2n) is 4.55. The highest BCUT2D eigenvalue weighted by Gasteiger charge is 2.23. The van der Waals surface area contributed by atoms with Crippen molar-refractivity contribution in [1.29, 1.82) is 0 Å². The minimum atomic E-state index is 0.630. The van der Waals surface area contributed by atoms with E-state index in [0.717, 1.165) is 12.5 Å². The summed E-state index contributed by atoms with van der Waals surface area (Å²) in [6, 6.07) is 0.630. The summed E-state index contributed by atoms with van der Waals surface area (Å²) in [4.78, 5) is 2.59. The summed E-state index contributed by atoms with van der Waals surface area (Å²) >= 11 is 0. The van der Waals surface area contributed by atoms with Crippen molar-refractivity contribution < 1.29 is 4.74 Å². The molecule has 0 bridgehead atoms. The minimum Gasteiger partial charge on any atom is -0.383 e. The Hall–Kier alpha value is -0.120. The summed E-state index contributed by atoms with van der Waals surface area (Å²) in [7, 11) is 3.85. The molecule has 1 fully saturated rings. The average Bonchev–Trinajstić information content (AvgIpc) is 2.28. The van der Waals surface area contributed by atoms with Crippen molar-refractivity contribution in [3.8, 4) is 0 Å². The maximum absolute atomic E-state index is 5.27. The van der Waals surface area contributed by atoms with Crippen molar-refractivity contribution in [3.63, 3.8) is 0 Å². The van der Waals surface area contributed by atoms with E-state index < -0.39 is 0 Å². The molecule has 0 aliphatic carbocycles. The number of likely N-dealkylation sites (tertiary alicyclic amines) is 1. The van der Waals surface area contributed by atoms with Gasteiger partial charge in [-0.25, -0.2) is 0 Å². The van der Waals surface area contributed by atoms with Crippen LogP contribution >= 0.6 is 0 Å². The molecule has 1 aliphatic heterocycles. The van der Waals surface area contributed by atoms with Crippen LogP contribution in [0.1, 0.15) is 26.2 Å². The van der Waals surface area contributed by atoms with Gasteiger partial charge < -0.3 is 10.1 Å². The van der Waals surface area contributed by atoms with Crippen LogP contribution in [-0.4, -0.2) is 51.3 Å². The monoisotopic (exact) mass is 214 g/mol. The van der Waals surface area contributed by atoms with Crippen LogP contribution in [0.15, 0.2) is 0 Å². The molecule has 15 heavy (non-hydrogen) atoms. The SMILES string of the molecule is CCC(COC)N1CCC(CNC)CC1. The van der Waals surface area contributed by atoms with Gasteiger partial charge in [0.1, 0.15) is 0 Å². The summed E-state index contributed by atoms with van der Waals surface area (Å²) in [5, 5.41) is 3.28. The van der Waals surface area contributed by atoms with E-state index in [9.17, 15) is 0 Å². The largest absolute Gasteiger partial charge is 0.383 e. The van der Waals surface area contributed by atoms with E-state index in [4.69, 9.17) is 4.74 Å². The summed E-state index contributed by atoms with van der Waals surface area (Å²) in [6.07, 6.45) is 3.87. The van der Waals surface area contributed by atoms with Gasteiger partial charge >= 0.3 is 0 Å². The molecule has 0 aromatic carbocycles. The normalized spacial score (nSPS) is 21.8. The summed E-state index contributed by atoms with van der Waals surface area (Å²) < 4.78 is 5.27. The number of hydrogen-bond acceptors (Lipinski definition) is 3. The Kier molecular flexibility index (Phi) is 6.22. The molecule has 1 unspecified atom stereocenters. The number of piperidine rings is 1. The van der Waals surface area contributed by atoms with Crippen molar-refractivity contribution >= 4 is 0 Å². The quantitative estimate of drug-likeness (QED) is 0.722. The molecule has 3 heteroatoms. The smallest absolute Gasteiger partial charge is 0.0617 e. The van der Waals surface area contributed by atoms with Gasteiger partial charge in [-0.2, -0.15) is 0 Å². The fourth-order valence-electron chi connectivity index (χ4n) is 2.48. The second kappa shape index (κ2) is 7.20. The molecule has 0 saturated carbocycles. The van der Waals surface area contributed by atoms with Gasteiger partial charge in [-0.05, 0) is 51.9 Å². The Morgan fingerprint density at radius 3 is 2.53 bits per heavy atom. The molecule has 0 radical (unpaired) electrons. The molecular formula is C12H26N2O. The first-order valence-corrected chi connectivity index (χ1v) is 6.19. The van der Waals surface area contributed by atoms with Crippen molar-refractivity contribution in [3.05, 3.63) is 0 Å². The predicted molar refractivity (Wildman–Crippen MR) is 64.2 cm³/mol. The Balaban J connectivity index is 2.28. The Morgan fingerprint density at radius 2 is 2.07 bits per heavy atom. The van der Waals surface area contributed by atoms with E-state index >= 15 is 0 Å². The first-order valence-electron chi connectivity index (χ1n) is 6.19. The molecule has 0 spiro atoms. The summed E-state index contributed by atoms with van der Waals surface area (Å²) in [5.41, 5.74) is 0. The van der Waals surface area contributed by atoms with Crippen molar-refractivity contribution in [1.82, 2.24) is 10.2 Å². The van der Waals surface area contributed by atoms with Crippen molar-refractivity contribution in [2.45, 2.75) is 32.2 Å². The molecule has 90 valence electrons.